The van der Waals surface area contributed by atoms with E-state index >= 15 is 0 Å². The van der Waals surface area contributed by atoms with Crippen molar-refractivity contribution in [2.75, 3.05) is 0 Å². The number of guanidine groups is 1. The Bertz CT molecular complexity index is 802. The normalized spacial score (nSPS) is 11.5. The summed E-state index contributed by atoms with van der Waals surface area (Å²) in [5, 5.41) is 6.75. The number of benzene rings is 2. The minimum Gasteiger partial charge on any atom is -0.489 e. The fourth-order valence-electron chi connectivity index (χ4n) is 1.92. The van der Waals surface area contributed by atoms with Gasteiger partial charge >= 0.3 is 6.18 Å². The third-order valence-electron chi connectivity index (χ3n) is 3.02. The fourth-order valence-corrected chi connectivity index (χ4v) is 2.21. The molecule has 0 heterocycles. The summed E-state index contributed by atoms with van der Waals surface area (Å²) >= 11 is 5.83. The maximum absolute atomic E-state index is 12.9. The molecule has 4 N–H and O–H groups in total. The van der Waals surface area contributed by atoms with Gasteiger partial charge in [0.25, 0.3) is 0 Å². The molecule has 0 atom stereocenters. The summed E-state index contributed by atoms with van der Waals surface area (Å²) in [6, 6.07) is 10.4. The highest BCUT2D eigenvalue weighted by Crippen LogP contribution is 2.36. The number of nitrogens with two attached hydrogens (primary N) is 2. The molecule has 0 saturated heterocycles. The fraction of sp³-hybridized carbons (Fsp3) is 0.125. The van der Waals surface area contributed by atoms with Gasteiger partial charge in [-0.25, -0.2) is 0 Å². The van der Waals surface area contributed by atoms with Crippen LogP contribution in [-0.4, -0.2) is 12.2 Å². The first kappa shape index (κ1) is 18.6. The molecule has 0 saturated carbocycles. The summed E-state index contributed by atoms with van der Waals surface area (Å²) in [4.78, 5) is 0. The van der Waals surface area contributed by atoms with Gasteiger partial charge in [0.1, 0.15) is 12.4 Å². The number of rotatable bonds is 5. The van der Waals surface area contributed by atoms with Crippen LogP contribution in [0.4, 0.5) is 13.2 Å². The molecule has 2 aromatic rings. The Balaban J connectivity index is 2.12. The number of halogens is 4. The van der Waals surface area contributed by atoms with E-state index in [1.807, 2.05) is 0 Å². The van der Waals surface area contributed by atoms with Crippen LogP contribution in [0.25, 0.3) is 0 Å². The zero-order valence-electron chi connectivity index (χ0n) is 12.8. The lowest BCUT2D eigenvalue weighted by Crippen LogP contribution is -2.21. The van der Waals surface area contributed by atoms with Gasteiger partial charge in [-0.3, -0.25) is 0 Å². The van der Waals surface area contributed by atoms with Crippen LogP contribution in [-0.2, 0) is 12.8 Å². The maximum atomic E-state index is 12.9. The van der Waals surface area contributed by atoms with Crippen molar-refractivity contribution in [1.82, 2.24) is 0 Å². The Kier molecular flexibility index (Phi) is 5.87. The van der Waals surface area contributed by atoms with Crippen molar-refractivity contribution >= 4 is 23.8 Å². The number of nitrogens with zero attached hydrogens (tertiary/aromatic N) is 2. The second-order valence-corrected chi connectivity index (χ2v) is 5.29. The van der Waals surface area contributed by atoms with Crippen molar-refractivity contribution in [3.05, 3.63) is 64.2 Å². The van der Waals surface area contributed by atoms with Crippen LogP contribution in [0.15, 0.2) is 52.7 Å². The number of hydrogen-bond donors (Lipinski definition) is 2. The molecular weight excluding hydrogens is 357 g/mol. The zero-order valence-corrected chi connectivity index (χ0v) is 13.6. The van der Waals surface area contributed by atoms with E-state index < -0.39 is 11.7 Å². The smallest absolute Gasteiger partial charge is 0.417 e. The molecule has 0 spiro atoms. The average molecular weight is 371 g/mol. The van der Waals surface area contributed by atoms with Gasteiger partial charge in [0.2, 0.25) is 5.96 Å². The molecule has 0 unspecified atom stereocenters. The molecule has 5 nitrogen and oxygen atoms in total. The van der Waals surface area contributed by atoms with Gasteiger partial charge in [0.15, 0.2) is 0 Å². The summed E-state index contributed by atoms with van der Waals surface area (Å²) in [5.41, 5.74) is 10.3. The lowest BCUT2D eigenvalue weighted by Gasteiger charge is -2.13. The Hall–Kier alpha value is -2.74. The van der Waals surface area contributed by atoms with Gasteiger partial charge in [0, 0.05) is 5.56 Å². The highest BCUT2D eigenvalue weighted by atomic mass is 35.5. The topological polar surface area (TPSA) is 86.0 Å². The van der Waals surface area contributed by atoms with Crippen LogP contribution in [0.2, 0.25) is 5.02 Å². The summed E-state index contributed by atoms with van der Waals surface area (Å²) in [7, 11) is 0. The minimum atomic E-state index is -4.52. The Morgan fingerprint density at radius 2 is 1.88 bits per heavy atom. The van der Waals surface area contributed by atoms with E-state index in [0.717, 1.165) is 6.07 Å². The number of ether oxygens (including phenoxy) is 1. The van der Waals surface area contributed by atoms with Gasteiger partial charge < -0.3 is 16.2 Å². The molecule has 0 aliphatic heterocycles. The standard InChI is InChI=1S/C16H14ClF3N4O/c17-14-11(4-2-6-13(14)16(18,19)20)9-25-12-5-1-3-10(7-12)8-23-24-15(21)22/h1-8H,9H2,(H4,21,22,24). The van der Waals surface area contributed by atoms with Crippen molar-refractivity contribution in [2.45, 2.75) is 12.8 Å². The van der Waals surface area contributed by atoms with Crippen molar-refractivity contribution in [2.24, 2.45) is 21.7 Å². The summed E-state index contributed by atoms with van der Waals surface area (Å²) in [6.07, 6.45) is -3.11. The molecule has 2 aromatic carbocycles. The van der Waals surface area contributed by atoms with Crippen LogP contribution in [0.1, 0.15) is 16.7 Å². The first-order valence-corrected chi connectivity index (χ1v) is 7.34. The van der Waals surface area contributed by atoms with E-state index in [1.54, 1.807) is 24.3 Å². The molecule has 0 aromatic heterocycles. The quantitative estimate of drug-likeness (QED) is 0.479. The van der Waals surface area contributed by atoms with Gasteiger partial charge in [-0.15, -0.1) is 5.10 Å². The molecule has 0 aliphatic carbocycles. The molecule has 0 fully saturated rings. The molecule has 0 aliphatic rings. The van der Waals surface area contributed by atoms with Crippen LogP contribution < -0.4 is 16.2 Å². The van der Waals surface area contributed by atoms with Crippen LogP contribution in [0.5, 0.6) is 5.75 Å². The van der Waals surface area contributed by atoms with E-state index in [4.69, 9.17) is 27.8 Å². The lowest BCUT2D eigenvalue weighted by atomic mass is 10.1. The van der Waals surface area contributed by atoms with Crippen molar-refractivity contribution in [3.63, 3.8) is 0 Å². The summed E-state index contributed by atoms with van der Waals surface area (Å²) in [6.45, 7) is -0.114. The van der Waals surface area contributed by atoms with Crippen LogP contribution in [0, 0.1) is 0 Å². The number of hydrogen-bond acceptors (Lipinski definition) is 3. The van der Waals surface area contributed by atoms with Crippen LogP contribution >= 0.6 is 11.6 Å². The average Bonchev–Trinajstić information content (AvgIpc) is 2.53. The molecular formula is C16H14ClF3N4O. The molecule has 9 heteroatoms. The SMILES string of the molecule is NC(N)=NN=Cc1cccc(OCc2cccc(C(F)(F)F)c2Cl)c1. The van der Waals surface area contributed by atoms with E-state index in [-0.39, 0.29) is 23.2 Å². The van der Waals surface area contributed by atoms with E-state index in [1.165, 1.54) is 18.3 Å². The Morgan fingerprint density at radius 1 is 1.16 bits per heavy atom. The van der Waals surface area contributed by atoms with E-state index in [9.17, 15) is 13.2 Å². The van der Waals surface area contributed by atoms with Crippen molar-refractivity contribution in [3.8, 4) is 5.75 Å². The van der Waals surface area contributed by atoms with Crippen LogP contribution in [0.3, 0.4) is 0 Å². The summed E-state index contributed by atoms with van der Waals surface area (Å²) < 4.78 is 44.1. The molecule has 25 heavy (non-hydrogen) atoms. The molecule has 0 radical (unpaired) electrons. The first-order chi connectivity index (χ1) is 11.8. The van der Waals surface area contributed by atoms with Gasteiger partial charge in [0.05, 0.1) is 16.8 Å². The number of alkyl halides is 3. The van der Waals surface area contributed by atoms with Crippen molar-refractivity contribution < 1.29 is 17.9 Å². The Morgan fingerprint density at radius 3 is 2.56 bits per heavy atom. The predicted molar refractivity (Wildman–Crippen MR) is 90.6 cm³/mol. The molecule has 132 valence electrons. The second kappa shape index (κ2) is 7.89. The first-order valence-electron chi connectivity index (χ1n) is 6.97. The maximum Gasteiger partial charge on any atom is 0.417 e. The van der Waals surface area contributed by atoms with Gasteiger partial charge in [-0.2, -0.15) is 18.3 Å². The third-order valence-corrected chi connectivity index (χ3v) is 3.46. The minimum absolute atomic E-state index is 0.114. The lowest BCUT2D eigenvalue weighted by molar-refractivity contribution is -0.137. The zero-order chi connectivity index (χ0) is 18.4. The highest BCUT2D eigenvalue weighted by molar-refractivity contribution is 6.32. The van der Waals surface area contributed by atoms with Gasteiger partial charge in [-0.05, 0) is 23.8 Å². The monoisotopic (exact) mass is 370 g/mol. The molecule has 2 rings (SSSR count). The molecule has 0 bridgehead atoms. The molecule has 0 amide bonds. The predicted octanol–water partition coefficient (Wildman–Crippen LogP) is 3.55. The second-order valence-electron chi connectivity index (χ2n) is 4.91. The van der Waals surface area contributed by atoms with Crippen molar-refractivity contribution in [1.29, 1.82) is 0 Å². The highest BCUT2D eigenvalue weighted by Gasteiger charge is 2.33. The third kappa shape index (κ3) is 5.39. The summed E-state index contributed by atoms with van der Waals surface area (Å²) in [5.74, 6) is 0.255. The Labute approximate surface area is 146 Å². The van der Waals surface area contributed by atoms with E-state index in [0.29, 0.717) is 11.3 Å². The van der Waals surface area contributed by atoms with E-state index in [2.05, 4.69) is 10.2 Å². The largest absolute Gasteiger partial charge is 0.489 e. The van der Waals surface area contributed by atoms with Gasteiger partial charge in [-0.1, -0.05) is 35.9 Å².